The van der Waals surface area contributed by atoms with E-state index >= 15 is 0 Å². The van der Waals surface area contributed by atoms with Crippen LogP contribution < -0.4 is 0 Å². The fourth-order valence-corrected chi connectivity index (χ4v) is 3.61. The van der Waals surface area contributed by atoms with Crippen LogP contribution in [0.5, 0.6) is 0 Å². The van der Waals surface area contributed by atoms with Gasteiger partial charge in [-0.05, 0) is 77.5 Å². The molecule has 1 aromatic carbocycles. The number of ether oxygens (including phenoxy) is 2. The zero-order valence-electron chi connectivity index (χ0n) is 14.5. The summed E-state index contributed by atoms with van der Waals surface area (Å²) < 4.78 is 11.7. The number of halogens is 1. The molecule has 1 aliphatic carbocycles. The molecule has 0 spiro atoms. The van der Waals surface area contributed by atoms with E-state index in [-0.39, 0.29) is 12.7 Å². The van der Waals surface area contributed by atoms with Gasteiger partial charge >= 0.3 is 11.9 Å². The number of carbonyl (C=O) groups excluding carboxylic acids is 2. The molecule has 1 fully saturated rings. The predicted molar refractivity (Wildman–Crippen MR) is 101 cm³/mol. The van der Waals surface area contributed by atoms with Crippen LogP contribution in [0.4, 0.5) is 0 Å². The quantitative estimate of drug-likeness (QED) is 0.498. The van der Waals surface area contributed by atoms with Crippen LogP contribution in [0.3, 0.4) is 0 Å². The van der Waals surface area contributed by atoms with Gasteiger partial charge in [-0.3, -0.25) is 0 Å². The van der Waals surface area contributed by atoms with E-state index in [2.05, 4.69) is 43.4 Å². The molecular weight excluding hydrogens is 419 g/mol. The van der Waals surface area contributed by atoms with Crippen molar-refractivity contribution in [2.45, 2.75) is 46.1 Å². The molecule has 1 aliphatic rings. The molecule has 0 N–H and O–H groups in total. The van der Waals surface area contributed by atoms with Gasteiger partial charge in [0.05, 0.1) is 5.56 Å². The lowest BCUT2D eigenvalue weighted by molar-refractivity contribution is -0.159. The van der Waals surface area contributed by atoms with Crippen LogP contribution in [0.2, 0.25) is 0 Å². The van der Waals surface area contributed by atoms with Gasteiger partial charge in [0.25, 0.3) is 0 Å². The minimum Gasteiger partial charge on any atom is -0.460 e. The largest absolute Gasteiger partial charge is 0.460 e. The van der Waals surface area contributed by atoms with Crippen LogP contribution in [0.25, 0.3) is 0 Å². The third-order valence-corrected chi connectivity index (χ3v) is 5.36. The standard InChI is InChI=1S/C19H25IO4/c1-12(2)16-9-4-13(3)10-17(16)24-18(21)11-23-19(22)14-5-7-15(20)8-6-14/h5-8,12-13,16-17H,4,9-11H2,1-3H3/t13-,16-,17-/m0/s1. The molecule has 0 heterocycles. The van der Waals surface area contributed by atoms with Crippen LogP contribution in [0.15, 0.2) is 24.3 Å². The molecular formula is C19H25IO4. The monoisotopic (exact) mass is 444 g/mol. The molecule has 0 saturated heterocycles. The molecule has 2 rings (SSSR count). The normalized spacial score (nSPS) is 23.8. The van der Waals surface area contributed by atoms with Gasteiger partial charge < -0.3 is 9.47 Å². The molecule has 0 radical (unpaired) electrons. The van der Waals surface area contributed by atoms with Crippen molar-refractivity contribution in [3.05, 3.63) is 33.4 Å². The van der Waals surface area contributed by atoms with Crippen molar-refractivity contribution in [1.82, 2.24) is 0 Å². The number of benzene rings is 1. The smallest absolute Gasteiger partial charge is 0.344 e. The first kappa shape index (κ1) is 19.2. The maximum Gasteiger partial charge on any atom is 0.344 e. The maximum atomic E-state index is 12.1. The molecule has 0 bridgehead atoms. The highest BCUT2D eigenvalue weighted by Crippen LogP contribution is 2.35. The van der Waals surface area contributed by atoms with Gasteiger partial charge in [-0.15, -0.1) is 0 Å². The van der Waals surface area contributed by atoms with Gasteiger partial charge in [-0.1, -0.05) is 27.2 Å². The van der Waals surface area contributed by atoms with E-state index in [0.717, 1.165) is 16.4 Å². The summed E-state index contributed by atoms with van der Waals surface area (Å²) in [5.74, 6) is 0.466. The van der Waals surface area contributed by atoms with Gasteiger partial charge in [-0.2, -0.15) is 0 Å². The second-order valence-corrected chi connectivity index (χ2v) is 8.18. The summed E-state index contributed by atoms with van der Waals surface area (Å²) in [4.78, 5) is 24.0. The Kier molecular flexibility index (Phi) is 7.07. The molecule has 0 amide bonds. The van der Waals surface area contributed by atoms with Gasteiger partial charge in [-0.25, -0.2) is 9.59 Å². The number of rotatable bonds is 5. The summed E-state index contributed by atoms with van der Waals surface area (Å²) in [6, 6.07) is 7.03. The molecule has 132 valence electrons. The lowest BCUT2D eigenvalue weighted by Gasteiger charge is -2.36. The summed E-state index contributed by atoms with van der Waals surface area (Å²) in [6.45, 7) is 6.19. The van der Waals surface area contributed by atoms with Gasteiger partial charge in [0, 0.05) is 3.57 Å². The van der Waals surface area contributed by atoms with E-state index in [1.54, 1.807) is 12.1 Å². The highest BCUT2D eigenvalue weighted by Gasteiger charge is 2.33. The summed E-state index contributed by atoms with van der Waals surface area (Å²) in [5, 5.41) is 0. The van der Waals surface area contributed by atoms with Crippen molar-refractivity contribution in [2.24, 2.45) is 17.8 Å². The van der Waals surface area contributed by atoms with E-state index in [1.165, 1.54) is 6.42 Å². The maximum absolute atomic E-state index is 12.1. The van der Waals surface area contributed by atoms with E-state index in [0.29, 0.717) is 23.3 Å². The Bertz CT molecular complexity index is 567. The van der Waals surface area contributed by atoms with Crippen LogP contribution in [0.1, 0.15) is 50.4 Å². The molecule has 5 heteroatoms. The number of carbonyl (C=O) groups is 2. The second-order valence-electron chi connectivity index (χ2n) is 6.94. The van der Waals surface area contributed by atoms with Crippen molar-refractivity contribution in [1.29, 1.82) is 0 Å². The zero-order valence-corrected chi connectivity index (χ0v) is 16.6. The Morgan fingerprint density at radius 1 is 1.21 bits per heavy atom. The number of esters is 2. The molecule has 0 aliphatic heterocycles. The van der Waals surface area contributed by atoms with E-state index < -0.39 is 11.9 Å². The Morgan fingerprint density at radius 2 is 1.88 bits per heavy atom. The van der Waals surface area contributed by atoms with Crippen LogP contribution >= 0.6 is 22.6 Å². The summed E-state index contributed by atoms with van der Waals surface area (Å²) in [7, 11) is 0. The lowest BCUT2D eigenvalue weighted by Crippen LogP contribution is -2.36. The van der Waals surface area contributed by atoms with Crippen LogP contribution in [-0.4, -0.2) is 24.6 Å². The third kappa shape index (κ3) is 5.46. The molecule has 4 nitrogen and oxygen atoms in total. The van der Waals surface area contributed by atoms with Gasteiger partial charge in [0.15, 0.2) is 6.61 Å². The van der Waals surface area contributed by atoms with Crippen molar-refractivity contribution in [2.75, 3.05) is 6.61 Å². The Labute approximate surface area is 157 Å². The van der Waals surface area contributed by atoms with E-state index in [1.807, 2.05) is 12.1 Å². The second kappa shape index (κ2) is 8.83. The topological polar surface area (TPSA) is 52.6 Å². The Morgan fingerprint density at radius 3 is 2.50 bits per heavy atom. The zero-order chi connectivity index (χ0) is 17.7. The minimum absolute atomic E-state index is 0.0711. The first-order chi connectivity index (χ1) is 11.4. The van der Waals surface area contributed by atoms with Crippen molar-refractivity contribution in [3.8, 4) is 0 Å². The SMILES string of the molecule is CC(C)[C@@H]1CC[C@H](C)C[C@@H]1OC(=O)COC(=O)c1ccc(I)cc1. The van der Waals surface area contributed by atoms with E-state index in [9.17, 15) is 9.59 Å². The molecule has 1 saturated carbocycles. The fraction of sp³-hybridized carbons (Fsp3) is 0.579. The molecule has 3 atom stereocenters. The first-order valence-corrected chi connectivity index (χ1v) is 9.57. The van der Waals surface area contributed by atoms with Crippen molar-refractivity contribution in [3.63, 3.8) is 0 Å². The Balaban J connectivity index is 1.85. The lowest BCUT2D eigenvalue weighted by atomic mass is 9.75. The predicted octanol–water partition coefficient (Wildman–Crippen LogP) is 4.45. The highest BCUT2D eigenvalue weighted by molar-refractivity contribution is 14.1. The number of hydrogen-bond donors (Lipinski definition) is 0. The average molecular weight is 444 g/mol. The van der Waals surface area contributed by atoms with Crippen LogP contribution in [-0.2, 0) is 14.3 Å². The van der Waals surface area contributed by atoms with Gasteiger partial charge in [0.1, 0.15) is 6.10 Å². The van der Waals surface area contributed by atoms with Crippen LogP contribution in [0, 0.1) is 21.3 Å². The minimum atomic E-state index is -0.499. The highest BCUT2D eigenvalue weighted by atomic mass is 127. The third-order valence-electron chi connectivity index (χ3n) is 4.65. The molecule has 0 aromatic heterocycles. The number of hydrogen-bond acceptors (Lipinski definition) is 4. The Hall–Kier alpha value is -1.11. The van der Waals surface area contributed by atoms with Crippen molar-refractivity contribution < 1.29 is 19.1 Å². The van der Waals surface area contributed by atoms with E-state index in [4.69, 9.17) is 9.47 Å². The average Bonchev–Trinajstić information content (AvgIpc) is 2.53. The summed E-state index contributed by atoms with van der Waals surface area (Å²) in [6.07, 6.45) is 3.08. The summed E-state index contributed by atoms with van der Waals surface area (Å²) >= 11 is 2.16. The molecule has 24 heavy (non-hydrogen) atoms. The molecule has 1 aromatic rings. The molecule has 0 unspecified atom stereocenters. The van der Waals surface area contributed by atoms with Crippen molar-refractivity contribution >= 4 is 34.5 Å². The fourth-order valence-electron chi connectivity index (χ4n) is 3.25. The first-order valence-electron chi connectivity index (χ1n) is 8.49. The summed E-state index contributed by atoms with van der Waals surface area (Å²) in [5.41, 5.74) is 0.439. The van der Waals surface area contributed by atoms with Gasteiger partial charge in [0.2, 0.25) is 0 Å².